The highest BCUT2D eigenvalue weighted by Gasteiger charge is 2.35. The van der Waals surface area contributed by atoms with Gasteiger partial charge in [0.05, 0.1) is 17.9 Å². The zero-order valence-electron chi connectivity index (χ0n) is 12.6. The number of aromatic nitrogens is 2. The Labute approximate surface area is 111 Å². The predicted octanol–water partition coefficient (Wildman–Crippen LogP) is 3.92. The summed E-state index contributed by atoms with van der Waals surface area (Å²) in [6.45, 7) is 12.0. The molecule has 0 aromatic carbocycles. The highest BCUT2D eigenvalue weighted by atomic mass is 16.5. The Balaban J connectivity index is 0.000000371. The van der Waals surface area contributed by atoms with Gasteiger partial charge in [-0.05, 0) is 26.7 Å². The molecule has 3 rings (SSSR count). The number of hydrogen-bond donors (Lipinski definition) is 0. The maximum atomic E-state index is 5.86. The van der Waals surface area contributed by atoms with Crippen LogP contribution in [0, 0.1) is 13.8 Å². The van der Waals surface area contributed by atoms with Crippen LogP contribution >= 0.6 is 0 Å². The molecule has 2 aliphatic heterocycles. The molecule has 2 unspecified atom stereocenters. The number of aryl methyl sites for hydroxylation is 2. The summed E-state index contributed by atoms with van der Waals surface area (Å²) in [4.78, 5) is 8.94. The molecular weight excluding hydrogens is 224 g/mol. The van der Waals surface area contributed by atoms with Crippen molar-refractivity contribution in [3.8, 4) is 0 Å². The average molecular weight is 250 g/mol. The Bertz CT molecular complexity index is 390. The summed E-state index contributed by atoms with van der Waals surface area (Å²) >= 11 is 0. The van der Waals surface area contributed by atoms with Crippen molar-refractivity contribution in [3.05, 3.63) is 22.8 Å². The third-order valence-corrected chi connectivity index (χ3v) is 3.18. The standard InChI is InChI=1S/C11H14N2O.2C2H6/c1-6-11-9(13-7(2)12-6)5-8-3-4-10(11)14-8;2*1-2/h8,10H,3-5H2,1-2H3;2*1-2H3. The first-order valence-electron chi connectivity index (χ1n) is 7.23. The van der Waals surface area contributed by atoms with E-state index in [4.69, 9.17) is 4.74 Å². The van der Waals surface area contributed by atoms with Gasteiger partial charge in [-0.15, -0.1) is 0 Å². The highest BCUT2D eigenvalue weighted by Crippen LogP contribution is 2.41. The molecule has 2 aliphatic rings. The summed E-state index contributed by atoms with van der Waals surface area (Å²) in [5.41, 5.74) is 3.61. The molecule has 1 saturated heterocycles. The first-order chi connectivity index (χ1) is 8.74. The smallest absolute Gasteiger partial charge is 0.125 e. The van der Waals surface area contributed by atoms with Crippen molar-refractivity contribution in [2.45, 2.75) is 73.0 Å². The molecule has 0 aliphatic carbocycles. The maximum Gasteiger partial charge on any atom is 0.125 e. The van der Waals surface area contributed by atoms with Gasteiger partial charge < -0.3 is 4.74 Å². The largest absolute Gasteiger partial charge is 0.370 e. The second-order valence-electron chi connectivity index (χ2n) is 4.24. The van der Waals surface area contributed by atoms with Gasteiger partial charge in [-0.25, -0.2) is 9.97 Å². The number of nitrogens with zero attached hydrogens (tertiary/aromatic N) is 2. The molecule has 2 bridgehead atoms. The fraction of sp³-hybridized carbons (Fsp3) is 0.733. The van der Waals surface area contributed by atoms with Crippen LogP contribution in [0.1, 0.15) is 69.4 Å². The van der Waals surface area contributed by atoms with E-state index in [1.807, 2.05) is 34.6 Å². The zero-order valence-corrected chi connectivity index (χ0v) is 12.6. The lowest BCUT2D eigenvalue weighted by Crippen LogP contribution is -2.21. The fourth-order valence-electron chi connectivity index (χ4n) is 2.65. The van der Waals surface area contributed by atoms with E-state index in [-0.39, 0.29) is 6.10 Å². The highest BCUT2D eigenvalue weighted by molar-refractivity contribution is 5.31. The minimum atomic E-state index is 0.282. The van der Waals surface area contributed by atoms with Crippen LogP contribution in [0.5, 0.6) is 0 Å². The van der Waals surface area contributed by atoms with Gasteiger partial charge in [-0.2, -0.15) is 0 Å². The van der Waals surface area contributed by atoms with Gasteiger partial charge in [0.1, 0.15) is 5.82 Å². The van der Waals surface area contributed by atoms with E-state index in [2.05, 4.69) is 16.9 Å². The van der Waals surface area contributed by atoms with Crippen molar-refractivity contribution in [1.29, 1.82) is 0 Å². The van der Waals surface area contributed by atoms with Crippen molar-refractivity contribution >= 4 is 0 Å². The van der Waals surface area contributed by atoms with Crippen LogP contribution < -0.4 is 0 Å². The Kier molecular flexibility index (Phi) is 5.73. The van der Waals surface area contributed by atoms with Gasteiger partial charge in [0, 0.05) is 17.7 Å². The van der Waals surface area contributed by atoms with Gasteiger partial charge in [0.25, 0.3) is 0 Å². The lowest BCUT2D eigenvalue weighted by Gasteiger charge is -2.24. The molecular formula is C15H26N2O. The summed E-state index contributed by atoms with van der Waals surface area (Å²) < 4.78 is 5.86. The lowest BCUT2D eigenvalue weighted by molar-refractivity contribution is 0.0302. The van der Waals surface area contributed by atoms with Gasteiger partial charge in [-0.3, -0.25) is 0 Å². The van der Waals surface area contributed by atoms with Crippen LogP contribution in [-0.4, -0.2) is 16.1 Å². The van der Waals surface area contributed by atoms with E-state index in [1.54, 1.807) is 0 Å². The molecule has 3 heteroatoms. The Morgan fingerprint density at radius 3 is 2.33 bits per heavy atom. The van der Waals surface area contributed by atoms with E-state index in [0.29, 0.717) is 6.10 Å². The second-order valence-corrected chi connectivity index (χ2v) is 4.24. The third-order valence-electron chi connectivity index (χ3n) is 3.18. The predicted molar refractivity (Wildman–Crippen MR) is 74.8 cm³/mol. The molecule has 102 valence electrons. The molecule has 3 nitrogen and oxygen atoms in total. The van der Waals surface area contributed by atoms with Crippen molar-refractivity contribution in [2.75, 3.05) is 0 Å². The average Bonchev–Trinajstić information content (AvgIpc) is 2.75. The maximum absolute atomic E-state index is 5.86. The van der Waals surface area contributed by atoms with Crippen molar-refractivity contribution < 1.29 is 4.74 Å². The van der Waals surface area contributed by atoms with Gasteiger partial charge in [0.15, 0.2) is 0 Å². The van der Waals surface area contributed by atoms with Gasteiger partial charge in [-0.1, -0.05) is 27.7 Å². The Morgan fingerprint density at radius 1 is 1.00 bits per heavy atom. The minimum Gasteiger partial charge on any atom is -0.370 e. The van der Waals surface area contributed by atoms with Crippen LogP contribution in [0.25, 0.3) is 0 Å². The Morgan fingerprint density at radius 2 is 1.67 bits per heavy atom. The summed E-state index contributed by atoms with van der Waals surface area (Å²) in [7, 11) is 0. The molecule has 0 spiro atoms. The monoisotopic (exact) mass is 250 g/mol. The summed E-state index contributed by atoms with van der Waals surface area (Å²) in [5, 5.41) is 0. The molecule has 0 radical (unpaired) electrons. The fourth-order valence-corrected chi connectivity index (χ4v) is 2.65. The van der Waals surface area contributed by atoms with Gasteiger partial charge in [0.2, 0.25) is 0 Å². The van der Waals surface area contributed by atoms with E-state index in [1.165, 1.54) is 17.7 Å². The molecule has 1 fully saturated rings. The van der Waals surface area contributed by atoms with Crippen molar-refractivity contribution in [1.82, 2.24) is 9.97 Å². The van der Waals surface area contributed by atoms with Crippen LogP contribution in [0.3, 0.4) is 0 Å². The Hall–Kier alpha value is -0.960. The normalized spacial score (nSPS) is 23.2. The van der Waals surface area contributed by atoms with Crippen molar-refractivity contribution in [3.63, 3.8) is 0 Å². The van der Waals surface area contributed by atoms with Crippen LogP contribution in [-0.2, 0) is 11.2 Å². The minimum absolute atomic E-state index is 0.282. The quantitative estimate of drug-likeness (QED) is 0.700. The molecule has 0 N–H and O–H groups in total. The molecule has 0 amide bonds. The molecule has 1 aromatic heterocycles. The van der Waals surface area contributed by atoms with Crippen LogP contribution in [0.4, 0.5) is 0 Å². The molecule has 1 aromatic rings. The van der Waals surface area contributed by atoms with Gasteiger partial charge >= 0.3 is 0 Å². The van der Waals surface area contributed by atoms with Crippen LogP contribution in [0.2, 0.25) is 0 Å². The van der Waals surface area contributed by atoms with E-state index in [9.17, 15) is 0 Å². The first-order valence-corrected chi connectivity index (χ1v) is 7.23. The van der Waals surface area contributed by atoms with Crippen LogP contribution in [0.15, 0.2) is 0 Å². The van der Waals surface area contributed by atoms with E-state index >= 15 is 0 Å². The third kappa shape index (κ3) is 2.89. The first kappa shape index (κ1) is 15.1. The summed E-state index contributed by atoms with van der Waals surface area (Å²) in [5.74, 6) is 0.891. The molecule has 2 atom stereocenters. The van der Waals surface area contributed by atoms with Crippen molar-refractivity contribution in [2.24, 2.45) is 0 Å². The molecule has 3 heterocycles. The zero-order chi connectivity index (χ0) is 13.7. The molecule has 18 heavy (non-hydrogen) atoms. The van der Waals surface area contributed by atoms with E-state index in [0.717, 1.165) is 24.4 Å². The number of fused-ring (bicyclic) bond motifs is 4. The molecule has 0 saturated carbocycles. The second kappa shape index (κ2) is 6.83. The summed E-state index contributed by atoms with van der Waals surface area (Å²) in [6, 6.07) is 0. The topological polar surface area (TPSA) is 35.0 Å². The summed E-state index contributed by atoms with van der Waals surface area (Å²) in [6.07, 6.45) is 4.01. The number of hydrogen-bond acceptors (Lipinski definition) is 3. The lowest BCUT2D eigenvalue weighted by atomic mass is 10.0. The number of rotatable bonds is 0. The SMILES string of the molecule is CC.CC.Cc1nc(C)c2c(n1)CC1CCC2O1. The van der Waals surface area contributed by atoms with E-state index < -0.39 is 0 Å². The number of ether oxygens (including phenoxy) is 1.